The van der Waals surface area contributed by atoms with Crippen LogP contribution in [0, 0.1) is 5.92 Å². The summed E-state index contributed by atoms with van der Waals surface area (Å²) in [5.41, 5.74) is 0.154. The average Bonchev–Trinajstić information content (AvgIpc) is 2.37. The van der Waals surface area contributed by atoms with Gasteiger partial charge < -0.3 is 15.2 Å². The van der Waals surface area contributed by atoms with Crippen LogP contribution in [0.3, 0.4) is 0 Å². The zero-order valence-electron chi connectivity index (χ0n) is 11.6. The van der Waals surface area contributed by atoms with Gasteiger partial charge in [-0.3, -0.25) is 4.79 Å². The molecule has 0 aliphatic rings. The summed E-state index contributed by atoms with van der Waals surface area (Å²) in [5.74, 6) is -0.414. The van der Waals surface area contributed by atoms with Gasteiger partial charge in [0.2, 0.25) is 0 Å². The highest BCUT2D eigenvalue weighted by Crippen LogP contribution is 2.27. The van der Waals surface area contributed by atoms with Crippen molar-refractivity contribution in [2.45, 2.75) is 26.9 Å². The number of hydrogen-bond donors (Lipinski definition) is 2. The predicted molar refractivity (Wildman–Crippen MR) is 79.0 cm³/mol. The van der Waals surface area contributed by atoms with Crippen molar-refractivity contribution < 1.29 is 19.4 Å². The van der Waals surface area contributed by atoms with Gasteiger partial charge in [0.1, 0.15) is 5.75 Å². The topological polar surface area (TPSA) is 75.6 Å². The Labute approximate surface area is 126 Å². The first-order chi connectivity index (χ1) is 9.31. The number of ether oxygens (including phenoxy) is 1. The minimum Gasteiger partial charge on any atom is -0.480 e. The van der Waals surface area contributed by atoms with E-state index >= 15 is 0 Å². The molecule has 0 aliphatic heterocycles. The number of hydrogen-bond acceptors (Lipinski definition) is 3. The van der Waals surface area contributed by atoms with Gasteiger partial charge in [-0.15, -0.1) is 0 Å². The third kappa shape index (κ3) is 4.85. The molecule has 1 aromatic carbocycles. The fraction of sp³-hybridized carbons (Fsp3) is 0.429. The number of carboxylic acid groups (broad SMARTS) is 1. The lowest BCUT2D eigenvalue weighted by atomic mass is 10.2. The summed E-state index contributed by atoms with van der Waals surface area (Å²) in [7, 11) is 0. The van der Waals surface area contributed by atoms with Crippen LogP contribution in [0.4, 0.5) is 0 Å². The molecule has 0 saturated heterocycles. The largest absolute Gasteiger partial charge is 0.480 e. The molecule has 20 heavy (non-hydrogen) atoms. The fourth-order valence-corrected chi connectivity index (χ4v) is 1.89. The lowest BCUT2D eigenvalue weighted by Crippen LogP contribution is -2.38. The van der Waals surface area contributed by atoms with Crippen LogP contribution in [0.5, 0.6) is 5.75 Å². The molecule has 1 amide bonds. The molecule has 0 fully saturated rings. The van der Waals surface area contributed by atoms with Crippen molar-refractivity contribution in [2.24, 2.45) is 5.92 Å². The van der Waals surface area contributed by atoms with Gasteiger partial charge in [0.05, 0.1) is 10.0 Å². The smallest absolute Gasteiger partial charge is 0.335 e. The summed E-state index contributed by atoms with van der Waals surface area (Å²) >= 11 is 3.24. The lowest BCUT2D eigenvalue weighted by molar-refractivity contribution is -0.127. The first-order valence-corrected chi connectivity index (χ1v) is 7.07. The van der Waals surface area contributed by atoms with Crippen molar-refractivity contribution in [3.8, 4) is 5.75 Å². The van der Waals surface area contributed by atoms with Crippen LogP contribution in [0.2, 0.25) is 0 Å². The van der Waals surface area contributed by atoms with Gasteiger partial charge >= 0.3 is 5.97 Å². The normalized spacial score (nSPS) is 12.1. The molecule has 6 heteroatoms. The van der Waals surface area contributed by atoms with Crippen molar-refractivity contribution in [3.63, 3.8) is 0 Å². The number of halogens is 1. The minimum absolute atomic E-state index is 0.154. The number of rotatable bonds is 6. The number of carboxylic acids is 1. The van der Waals surface area contributed by atoms with Crippen molar-refractivity contribution in [2.75, 3.05) is 6.54 Å². The number of benzene rings is 1. The summed E-state index contributed by atoms with van der Waals surface area (Å²) in [5, 5.41) is 11.6. The SMILES string of the molecule is CC(C)CNC(=O)C(C)Oc1ccc(C(=O)O)cc1Br. The van der Waals surface area contributed by atoms with Crippen LogP contribution in [-0.2, 0) is 4.79 Å². The van der Waals surface area contributed by atoms with Crippen LogP contribution in [0.15, 0.2) is 22.7 Å². The maximum Gasteiger partial charge on any atom is 0.335 e. The highest BCUT2D eigenvalue weighted by Gasteiger charge is 2.16. The Morgan fingerprint density at radius 1 is 1.35 bits per heavy atom. The van der Waals surface area contributed by atoms with E-state index in [4.69, 9.17) is 9.84 Å². The highest BCUT2D eigenvalue weighted by molar-refractivity contribution is 9.10. The van der Waals surface area contributed by atoms with Gasteiger partial charge in [-0.05, 0) is 47.0 Å². The molecule has 2 N–H and O–H groups in total. The van der Waals surface area contributed by atoms with Crippen LogP contribution in [-0.4, -0.2) is 29.6 Å². The van der Waals surface area contributed by atoms with Crippen molar-refractivity contribution in [3.05, 3.63) is 28.2 Å². The van der Waals surface area contributed by atoms with Gasteiger partial charge in [0, 0.05) is 6.54 Å². The molecule has 0 aromatic heterocycles. The maximum atomic E-state index is 11.8. The Morgan fingerprint density at radius 2 is 2.00 bits per heavy atom. The van der Waals surface area contributed by atoms with Gasteiger partial charge in [0.25, 0.3) is 5.91 Å². The number of aromatic carboxylic acids is 1. The number of carbonyl (C=O) groups excluding carboxylic acids is 1. The molecule has 0 spiro atoms. The minimum atomic E-state index is -1.01. The molecule has 0 saturated carbocycles. The molecule has 1 unspecified atom stereocenters. The average molecular weight is 344 g/mol. The summed E-state index contributed by atoms with van der Waals surface area (Å²) in [6.07, 6.45) is -0.652. The monoisotopic (exact) mass is 343 g/mol. The Hall–Kier alpha value is -1.56. The molecule has 110 valence electrons. The van der Waals surface area contributed by atoms with Gasteiger partial charge in [-0.1, -0.05) is 13.8 Å². The quantitative estimate of drug-likeness (QED) is 0.832. The van der Waals surface area contributed by atoms with E-state index in [9.17, 15) is 9.59 Å². The molecule has 1 atom stereocenters. The van der Waals surface area contributed by atoms with E-state index in [-0.39, 0.29) is 11.5 Å². The first-order valence-electron chi connectivity index (χ1n) is 6.28. The van der Waals surface area contributed by atoms with E-state index in [1.807, 2.05) is 13.8 Å². The third-order valence-electron chi connectivity index (χ3n) is 2.54. The molecule has 5 nitrogen and oxygen atoms in total. The molecule has 0 radical (unpaired) electrons. The predicted octanol–water partition coefficient (Wildman–Crippen LogP) is 2.69. The number of nitrogens with one attached hydrogen (secondary N) is 1. The molecule has 0 heterocycles. The molecule has 0 bridgehead atoms. The Kier molecular flexibility index (Phi) is 6.01. The fourth-order valence-electron chi connectivity index (χ4n) is 1.42. The van der Waals surface area contributed by atoms with Crippen LogP contribution >= 0.6 is 15.9 Å². The summed E-state index contributed by atoms with van der Waals surface area (Å²) in [4.78, 5) is 22.6. The number of carbonyl (C=O) groups is 2. The molecule has 0 aliphatic carbocycles. The zero-order chi connectivity index (χ0) is 15.3. The van der Waals surface area contributed by atoms with Crippen LogP contribution in [0.25, 0.3) is 0 Å². The van der Waals surface area contributed by atoms with E-state index in [2.05, 4.69) is 21.2 Å². The lowest BCUT2D eigenvalue weighted by Gasteiger charge is -2.16. The van der Waals surface area contributed by atoms with Crippen molar-refractivity contribution in [1.29, 1.82) is 0 Å². The van der Waals surface area contributed by atoms with E-state index in [1.165, 1.54) is 18.2 Å². The molecular formula is C14H18BrNO4. The van der Waals surface area contributed by atoms with Crippen LogP contribution in [0.1, 0.15) is 31.1 Å². The first kappa shape index (κ1) is 16.5. The maximum absolute atomic E-state index is 11.8. The third-order valence-corrected chi connectivity index (χ3v) is 3.16. The Morgan fingerprint density at radius 3 is 2.50 bits per heavy atom. The van der Waals surface area contributed by atoms with Crippen LogP contribution < -0.4 is 10.1 Å². The van der Waals surface area contributed by atoms with E-state index in [0.29, 0.717) is 22.7 Å². The summed E-state index contributed by atoms with van der Waals surface area (Å²) in [6, 6.07) is 4.40. The van der Waals surface area contributed by atoms with E-state index in [1.54, 1.807) is 6.92 Å². The van der Waals surface area contributed by atoms with Crippen molar-refractivity contribution >= 4 is 27.8 Å². The summed E-state index contributed by atoms with van der Waals surface area (Å²) in [6.45, 7) is 6.25. The summed E-state index contributed by atoms with van der Waals surface area (Å²) < 4.78 is 6.02. The van der Waals surface area contributed by atoms with Gasteiger partial charge in [-0.2, -0.15) is 0 Å². The zero-order valence-corrected chi connectivity index (χ0v) is 13.2. The Balaban J connectivity index is 2.68. The second-order valence-electron chi connectivity index (χ2n) is 4.85. The standard InChI is InChI=1S/C14H18BrNO4/c1-8(2)7-16-13(17)9(3)20-12-5-4-10(14(18)19)6-11(12)15/h4-6,8-9H,7H2,1-3H3,(H,16,17)(H,18,19). The van der Waals surface area contributed by atoms with Gasteiger partial charge in [0.15, 0.2) is 6.10 Å². The van der Waals surface area contributed by atoms with E-state index < -0.39 is 12.1 Å². The van der Waals surface area contributed by atoms with Gasteiger partial charge in [-0.25, -0.2) is 4.79 Å². The number of amides is 1. The second-order valence-corrected chi connectivity index (χ2v) is 5.70. The molecule has 1 aromatic rings. The second kappa shape index (κ2) is 7.28. The van der Waals surface area contributed by atoms with Crippen molar-refractivity contribution in [1.82, 2.24) is 5.32 Å². The highest BCUT2D eigenvalue weighted by atomic mass is 79.9. The molecular weight excluding hydrogens is 326 g/mol. The van der Waals surface area contributed by atoms with E-state index in [0.717, 1.165) is 0 Å². The molecule has 1 rings (SSSR count). The Bertz CT molecular complexity index is 502.